The van der Waals surface area contributed by atoms with Gasteiger partial charge in [0.1, 0.15) is 5.75 Å². The molecule has 0 unspecified atom stereocenters. The number of halogens is 3. The highest BCUT2D eigenvalue weighted by Crippen LogP contribution is 2.34. The molecule has 9 heteroatoms. The van der Waals surface area contributed by atoms with Crippen LogP contribution in [-0.4, -0.2) is 14.5 Å². The molecule has 0 amide bonds. The Balaban J connectivity index is 1.98. The Kier molecular flexibility index (Phi) is 4.30. The number of non-ortho nitro benzene ring substituents is 1. The van der Waals surface area contributed by atoms with Crippen LogP contribution in [0.1, 0.15) is 12.7 Å². The molecule has 0 bridgehead atoms. The predicted molar refractivity (Wildman–Crippen MR) is 88.0 cm³/mol. The third kappa shape index (κ3) is 3.25. The Morgan fingerprint density at radius 2 is 1.96 bits per heavy atom. The van der Waals surface area contributed by atoms with E-state index in [1.165, 1.54) is 10.6 Å². The van der Waals surface area contributed by atoms with Gasteiger partial charge < -0.3 is 9.30 Å². The number of aryl methyl sites for hydroxylation is 1. The second-order valence-electron chi connectivity index (χ2n) is 5.18. The molecule has 0 saturated heterocycles. The van der Waals surface area contributed by atoms with Gasteiger partial charge in [0.05, 0.1) is 16.0 Å². The maximum atomic E-state index is 14.6. The highest BCUT2D eigenvalue weighted by atomic mass is 35.5. The lowest BCUT2D eigenvalue weighted by atomic mass is 10.3. The van der Waals surface area contributed by atoms with Crippen LogP contribution in [0, 0.1) is 10.1 Å². The van der Waals surface area contributed by atoms with Crippen LogP contribution in [0.2, 0.25) is 5.02 Å². The summed E-state index contributed by atoms with van der Waals surface area (Å²) in [7, 11) is 0. The molecule has 0 spiro atoms. The van der Waals surface area contributed by atoms with Crippen LogP contribution in [0.5, 0.6) is 5.75 Å². The van der Waals surface area contributed by atoms with Gasteiger partial charge in [0.25, 0.3) is 5.69 Å². The van der Waals surface area contributed by atoms with E-state index in [0.717, 1.165) is 24.3 Å². The van der Waals surface area contributed by atoms with E-state index in [2.05, 4.69) is 4.98 Å². The van der Waals surface area contributed by atoms with Gasteiger partial charge in [-0.3, -0.25) is 10.1 Å². The van der Waals surface area contributed by atoms with Gasteiger partial charge in [-0.2, -0.15) is 8.78 Å². The first kappa shape index (κ1) is 17.1. The van der Waals surface area contributed by atoms with Crippen LogP contribution < -0.4 is 4.74 Å². The quantitative estimate of drug-likeness (QED) is 0.482. The Morgan fingerprint density at radius 3 is 2.56 bits per heavy atom. The zero-order valence-corrected chi connectivity index (χ0v) is 13.7. The number of hydrogen-bond acceptors (Lipinski definition) is 4. The van der Waals surface area contributed by atoms with E-state index in [0.29, 0.717) is 16.1 Å². The molecular weight excluding hydrogens is 356 g/mol. The molecule has 0 fully saturated rings. The summed E-state index contributed by atoms with van der Waals surface area (Å²) in [6, 6.07) is 9.11. The number of aromatic nitrogens is 2. The molecule has 6 nitrogen and oxygen atoms in total. The number of rotatable bonds is 5. The third-order valence-corrected chi connectivity index (χ3v) is 3.82. The number of imidazole rings is 1. The number of fused-ring (bicyclic) bond motifs is 1. The minimum atomic E-state index is -3.72. The van der Waals surface area contributed by atoms with Crippen molar-refractivity contribution in [1.29, 1.82) is 0 Å². The van der Waals surface area contributed by atoms with Gasteiger partial charge in [0, 0.05) is 23.7 Å². The molecule has 0 aliphatic carbocycles. The van der Waals surface area contributed by atoms with Gasteiger partial charge in [-0.1, -0.05) is 11.6 Å². The summed E-state index contributed by atoms with van der Waals surface area (Å²) >= 11 is 5.88. The summed E-state index contributed by atoms with van der Waals surface area (Å²) in [5, 5.41) is 11.0. The van der Waals surface area contributed by atoms with Crippen molar-refractivity contribution in [3.05, 3.63) is 63.4 Å². The van der Waals surface area contributed by atoms with Gasteiger partial charge >= 0.3 is 6.11 Å². The van der Waals surface area contributed by atoms with Crippen molar-refractivity contribution < 1.29 is 18.4 Å². The van der Waals surface area contributed by atoms with Crippen LogP contribution >= 0.6 is 11.6 Å². The molecule has 1 aromatic heterocycles. The van der Waals surface area contributed by atoms with Gasteiger partial charge in [0.2, 0.25) is 5.82 Å². The average Bonchev–Trinajstić information content (AvgIpc) is 2.93. The molecule has 0 atom stereocenters. The Hall–Kier alpha value is -2.74. The number of ether oxygens (including phenoxy) is 1. The fourth-order valence-electron chi connectivity index (χ4n) is 2.47. The topological polar surface area (TPSA) is 70.2 Å². The highest BCUT2D eigenvalue weighted by Gasteiger charge is 2.40. The van der Waals surface area contributed by atoms with E-state index in [4.69, 9.17) is 16.3 Å². The van der Waals surface area contributed by atoms with Gasteiger partial charge in [0.15, 0.2) is 0 Å². The van der Waals surface area contributed by atoms with E-state index in [9.17, 15) is 18.9 Å². The van der Waals surface area contributed by atoms with Crippen molar-refractivity contribution in [2.24, 2.45) is 0 Å². The van der Waals surface area contributed by atoms with Crippen molar-refractivity contribution in [1.82, 2.24) is 9.55 Å². The molecule has 3 rings (SSSR count). The zero-order chi connectivity index (χ0) is 18.2. The minimum Gasteiger partial charge on any atom is -0.427 e. The maximum absolute atomic E-state index is 14.6. The van der Waals surface area contributed by atoms with Crippen LogP contribution in [0.4, 0.5) is 14.5 Å². The maximum Gasteiger partial charge on any atom is 0.460 e. The zero-order valence-electron chi connectivity index (χ0n) is 12.9. The number of nitrogens with zero attached hydrogens (tertiary/aromatic N) is 3. The number of nitro benzene ring substituents is 1. The normalized spacial score (nSPS) is 11.7. The standard InChI is InChI=1S/C16H12ClF2N3O3/c1-2-21-14-8-3-10(17)9-13(14)20-15(21)16(18,19)25-12-6-4-11(5-7-12)22(23)24/h3-9H,2H2,1H3. The van der Waals surface area contributed by atoms with Crippen molar-refractivity contribution in [3.63, 3.8) is 0 Å². The lowest BCUT2D eigenvalue weighted by Crippen LogP contribution is -2.26. The minimum absolute atomic E-state index is 0.205. The summed E-state index contributed by atoms with van der Waals surface area (Å²) in [4.78, 5) is 14.0. The van der Waals surface area contributed by atoms with E-state index >= 15 is 0 Å². The van der Waals surface area contributed by atoms with Crippen molar-refractivity contribution in [3.8, 4) is 5.75 Å². The lowest BCUT2D eigenvalue weighted by molar-refractivity contribution is -0.384. The van der Waals surface area contributed by atoms with Gasteiger partial charge in [-0.15, -0.1) is 0 Å². The Labute approximate surface area is 145 Å². The molecule has 1 heterocycles. The molecule has 130 valence electrons. The second kappa shape index (κ2) is 6.29. The fourth-order valence-corrected chi connectivity index (χ4v) is 2.64. The summed E-state index contributed by atoms with van der Waals surface area (Å²) in [6.07, 6.45) is -3.72. The first-order valence-electron chi connectivity index (χ1n) is 7.29. The van der Waals surface area contributed by atoms with Crippen molar-refractivity contribution >= 4 is 28.3 Å². The van der Waals surface area contributed by atoms with Crippen LogP contribution in [0.25, 0.3) is 11.0 Å². The highest BCUT2D eigenvalue weighted by molar-refractivity contribution is 6.31. The van der Waals surface area contributed by atoms with Crippen LogP contribution in [0.15, 0.2) is 42.5 Å². The van der Waals surface area contributed by atoms with E-state index < -0.39 is 16.9 Å². The first-order valence-corrected chi connectivity index (χ1v) is 7.67. The van der Waals surface area contributed by atoms with Crippen LogP contribution in [-0.2, 0) is 12.7 Å². The molecule has 3 aromatic rings. The largest absolute Gasteiger partial charge is 0.460 e. The predicted octanol–water partition coefficient (Wildman–Crippen LogP) is 4.75. The number of alkyl halides is 2. The molecule has 0 radical (unpaired) electrons. The summed E-state index contributed by atoms with van der Waals surface area (Å²) in [6.45, 7) is 1.97. The molecule has 0 N–H and O–H groups in total. The SMILES string of the molecule is CCn1c(C(F)(F)Oc2ccc([N+](=O)[O-])cc2)nc2cc(Cl)ccc21. The second-order valence-corrected chi connectivity index (χ2v) is 5.62. The molecule has 0 aliphatic rings. The summed E-state index contributed by atoms with van der Waals surface area (Å²) < 4.78 is 35.3. The molecule has 0 saturated carbocycles. The van der Waals surface area contributed by atoms with E-state index in [-0.39, 0.29) is 18.0 Å². The molecule has 2 aromatic carbocycles. The monoisotopic (exact) mass is 367 g/mol. The lowest BCUT2D eigenvalue weighted by Gasteiger charge is -2.18. The Bertz CT molecular complexity index is 942. The number of nitro groups is 1. The third-order valence-electron chi connectivity index (χ3n) is 3.58. The molecule has 0 aliphatic heterocycles. The Morgan fingerprint density at radius 1 is 1.28 bits per heavy atom. The summed E-state index contributed by atoms with van der Waals surface area (Å²) in [5.74, 6) is -0.769. The average molecular weight is 368 g/mol. The first-order chi connectivity index (χ1) is 11.8. The summed E-state index contributed by atoms with van der Waals surface area (Å²) in [5.41, 5.74) is 0.622. The number of benzene rings is 2. The van der Waals surface area contributed by atoms with Gasteiger partial charge in [-0.05, 0) is 37.3 Å². The van der Waals surface area contributed by atoms with E-state index in [1.54, 1.807) is 19.1 Å². The fraction of sp³-hybridized carbons (Fsp3) is 0.188. The van der Waals surface area contributed by atoms with Crippen LogP contribution in [0.3, 0.4) is 0 Å². The molecule has 25 heavy (non-hydrogen) atoms. The van der Waals surface area contributed by atoms with Crippen molar-refractivity contribution in [2.45, 2.75) is 19.6 Å². The van der Waals surface area contributed by atoms with E-state index in [1.807, 2.05) is 0 Å². The molecular formula is C16H12ClF2N3O3. The van der Waals surface area contributed by atoms with Crippen molar-refractivity contribution in [2.75, 3.05) is 0 Å². The number of hydrogen-bond donors (Lipinski definition) is 0. The van der Waals surface area contributed by atoms with Gasteiger partial charge in [-0.25, -0.2) is 4.98 Å². The smallest absolute Gasteiger partial charge is 0.427 e.